The molecular weight excluding hydrogens is 542 g/mol. The monoisotopic (exact) mass is 569 g/mol. The minimum atomic E-state index is -0.659. The van der Waals surface area contributed by atoms with E-state index in [9.17, 15) is 9.59 Å². The van der Waals surface area contributed by atoms with Crippen LogP contribution in [-0.4, -0.2) is 49.8 Å². The lowest BCUT2D eigenvalue weighted by atomic mass is 10.1. The van der Waals surface area contributed by atoms with Crippen LogP contribution in [0, 0.1) is 0 Å². The zero-order valence-corrected chi connectivity index (χ0v) is 23.3. The number of ether oxygens (including phenoxy) is 5. The van der Waals surface area contributed by atoms with Crippen LogP contribution in [0.2, 0.25) is 0 Å². The van der Waals surface area contributed by atoms with E-state index >= 15 is 0 Å². The minimum Gasteiger partial charge on any atom is -0.493 e. The molecule has 0 saturated heterocycles. The first-order valence-electron chi connectivity index (χ1n) is 12.9. The summed E-state index contributed by atoms with van der Waals surface area (Å²) < 4.78 is 34.1. The van der Waals surface area contributed by atoms with Gasteiger partial charge in [0.1, 0.15) is 0 Å². The number of fused-ring (bicyclic) bond motifs is 1. The maximum absolute atomic E-state index is 13.3. The Hall–Kier alpha value is -5.58. The van der Waals surface area contributed by atoms with Gasteiger partial charge in [0.25, 0.3) is 5.56 Å². The zero-order chi connectivity index (χ0) is 29.6. The summed E-state index contributed by atoms with van der Waals surface area (Å²) in [6, 6.07) is 18.3. The van der Waals surface area contributed by atoms with Crippen LogP contribution in [0.3, 0.4) is 0 Å². The number of aromatic nitrogens is 2. The fourth-order valence-electron chi connectivity index (χ4n) is 4.24. The summed E-state index contributed by atoms with van der Waals surface area (Å²) in [7, 11) is 4.39. The highest BCUT2D eigenvalue weighted by molar-refractivity contribution is 5.93. The molecule has 0 spiro atoms. The van der Waals surface area contributed by atoms with Crippen LogP contribution in [-0.2, 0) is 0 Å². The van der Waals surface area contributed by atoms with Crippen molar-refractivity contribution in [2.75, 3.05) is 27.9 Å². The van der Waals surface area contributed by atoms with Gasteiger partial charge in [-0.15, -0.1) is 0 Å². The lowest BCUT2D eigenvalue weighted by Crippen LogP contribution is -2.20. The number of rotatable bonds is 10. The summed E-state index contributed by atoms with van der Waals surface area (Å²) in [5.74, 6) is 1.45. The van der Waals surface area contributed by atoms with Crippen LogP contribution in [0.1, 0.15) is 22.8 Å². The number of benzene rings is 3. The Kier molecular flexibility index (Phi) is 8.19. The van der Waals surface area contributed by atoms with Crippen LogP contribution in [0.4, 0.5) is 0 Å². The minimum absolute atomic E-state index is 0.186. The maximum atomic E-state index is 13.3. The van der Waals surface area contributed by atoms with Gasteiger partial charge in [0.05, 0.1) is 56.9 Å². The molecular formula is C31H27N3O8. The molecule has 0 aliphatic rings. The Balaban J connectivity index is 1.48. The molecule has 5 aromatic rings. The number of esters is 1. The molecule has 5 rings (SSSR count). The molecule has 0 unspecified atom stereocenters. The highest BCUT2D eigenvalue weighted by Crippen LogP contribution is 2.39. The number of hydrogen-bond acceptors (Lipinski definition) is 10. The highest BCUT2D eigenvalue weighted by Gasteiger charge is 2.20. The number of methoxy groups -OCH3 is 3. The summed E-state index contributed by atoms with van der Waals surface area (Å²) in [4.78, 5) is 31.0. The molecule has 0 bridgehead atoms. The molecule has 42 heavy (non-hydrogen) atoms. The van der Waals surface area contributed by atoms with E-state index < -0.39 is 5.97 Å². The predicted octanol–water partition coefficient (Wildman–Crippen LogP) is 5.18. The third-order valence-electron chi connectivity index (χ3n) is 6.19. The second-order valence-corrected chi connectivity index (χ2v) is 8.73. The van der Waals surface area contributed by atoms with Crippen LogP contribution in [0.5, 0.6) is 28.7 Å². The van der Waals surface area contributed by atoms with Gasteiger partial charge in [-0.3, -0.25) is 4.79 Å². The fourth-order valence-corrected chi connectivity index (χ4v) is 4.24. The van der Waals surface area contributed by atoms with Gasteiger partial charge >= 0.3 is 5.97 Å². The van der Waals surface area contributed by atoms with Crippen molar-refractivity contribution in [3.8, 4) is 40.3 Å². The van der Waals surface area contributed by atoms with E-state index in [0.29, 0.717) is 51.8 Å². The highest BCUT2D eigenvalue weighted by atomic mass is 16.6. The largest absolute Gasteiger partial charge is 0.493 e. The summed E-state index contributed by atoms with van der Waals surface area (Å²) in [5.41, 5.74) is 0.934. The molecule has 0 saturated carbocycles. The van der Waals surface area contributed by atoms with Gasteiger partial charge < -0.3 is 28.1 Å². The van der Waals surface area contributed by atoms with E-state index in [0.717, 1.165) is 0 Å². The van der Waals surface area contributed by atoms with Gasteiger partial charge in [-0.05, 0) is 67.1 Å². The topological polar surface area (TPSA) is 124 Å². The van der Waals surface area contributed by atoms with Gasteiger partial charge in [0.15, 0.2) is 28.8 Å². The van der Waals surface area contributed by atoms with Crippen LogP contribution in [0.25, 0.3) is 22.5 Å². The number of carbonyl (C=O) groups excluding carboxylic acids is 1. The molecule has 0 fully saturated rings. The molecule has 0 radical (unpaired) electrons. The lowest BCUT2D eigenvalue weighted by Gasteiger charge is -2.15. The fraction of sp³-hybridized carbons (Fsp3) is 0.161. The van der Waals surface area contributed by atoms with E-state index in [2.05, 4.69) is 10.1 Å². The van der Waals surface area contributed by atoms with Gasteiger partial charge in [-0.1, -0.05) is 12.1 Å². The van der Waals surface area contributed by atoms with Crippen molar-refractivity contribution in [1.29, 1.82) is 0 Å². The third-order valence-corrected chi connectivity index (χ3v) is 6.19. The van der Waals surface area contributed by atoms with Crippen molar-refractivity contribution >= 4 is 23.1 Å². The van der Waals surface area contributed by atoms with E-state index in [1.807, 2.05) is 6.92 Å². The quantitative estimate of drug-likeness (QED) is 0.127. The van der Waals surface area contributed by atoms with Crippen molar-refractivity contribution in [3.05, 3.63) is 94.5 Å². The number of hydrogen-bond donors (Lipinski definition) is 0. The molecule has 0 amide bonds. The number of nitrogens with zero attached hydrogens (tertiary/aromatic N) is 3. The Bertz CT molecular complexity index is 1800. The molecule has 2 aromatic heterocycles. The van der Waals surface area contributed by atoms with Crippen LogP contribution in [0.15, 0.2) is 87.3 Å². The van der Waals surface area contributed by atoms with Gasteiger partial charge in [-0.25, -0.2) is 9.78 Å². The van der Waals surface area contributed by atoms with E-state index in [1.165, 1.54) is 50.6 Å². The lowest BCUT2D eigenvalue weighted by molar-refractivity contribution is 0.0727. The van der Waals surface area contributed by atoms with Gasteiger partial charge in [-0.2, -0.15) is 9.78 Å². The number of furan rings is 1. The Morgan fingerprint density at radius 1 is 0.929 bits per heavy atom. The summed E-state index contributed by atoms with van der Waals surface area (Å²) in [6.07, 6.45) is 2.98. The smallest absolute Gasteiger partial charge is 0.343 e. The van der Waals surface area contributed by atoms with Crippen molar-refractivity contribution in [2.45, 2.75) is 6.92 Å². The van der Waals surface area contributed by atoms with Crippen molar-refractivity contribution < 1.29 is 32.9 Å². The molecule has 214 valence electrons. The molecule has 2 heterocycles. The predicted molar refractivity (Wildman–Crippen MR) is 155 cm³/mol. The summed E-state index contributed by atoms with van der Waals surface area (Å²) in [6.45, 7) is 2.12. The summed E-state index contributed by atoms with van der Waals surface area (Å²) in [5, 5.41) is 4.84. The standard InChI is InChI=1S/C31H27N3O8/c1-5-40-25-15-19(12-13-23(25)42-31(36)20-16-26(37-2)28(39-4)27(17-20)38-3)18-32-34-29(24-11-8-14-41-24)33-22-10-7-6-9-21(22)30(34)35/h6-18H,5H2,1-4H3. The zero-order valence-electron chi connectivity index (χ0n) is 23.3. The van der Waals surface area contributed by atoms with Crippen LogP contribution >= 0.6 is 0 Å². The molecule has 0 atom stereocenters. The van der Waals surface area contributed by atoms with Gasteiger partial charge in [0, 0.05) is 0 Å². The van der Waals surface area contributed by atoms with Crippen molar-refractivity contribution in [3.63, 3.8) is 0 Å². The van der Waals surface area contributed by atoms with Crippen LogP contribution < -0.4 is 29.2 Å². The maximum Gasteiger partial charge on any atom is 0.343 e. The van der Waals surface area contributed by atoms with Gasteiger partial charge in [0.2, 0.25) is 11.6 Å². The molecule has 11 nitrogen and oxygen atoms in total. The molecule has 3 aromatic carbocycles. The molecule has 0 aliphatic heterocycles. The number of carbonyl (C=O) groups is 1. The first-order valence-corrected chi connectivity index (χ1v) is 12.9. The first kappa shape index (κ1) is 28.0. The second kappa shape index (κ2) is 12.3. The number of para-hydroxylation sites is 1. The Labute approximate surface area is 240 Å². The summed E-state index contributed by atoms with van der Waals surface area (Å²) >= 11 is 0. The van der Waals surface area contributed by atoms with Crippen molar-refractivity contribution in [1.82, 2.24) is 9.66 Å². The Morgan fingerprint density at radius 2 is 1.69 bits per heavy atom. The average molecular weight is 570 g/mol. The van der Waals surface area contributed by atoms with E-state index in [-0.39, 0.29) is 22.7 Å². The van der Waals surface area contributed by atoms with E-state index in [4.69, 9.17) is 28.1 Å². The average Bonchev–Trinajstić information content (AvgIpc) is 3.56. The Morgan fingerprint density at radius 3 is 2.36 bits per heavy atom. The van der Waals surface area contributed by atoms with E-state index in [1.54, 1.807) is 54.6 Å². The normalized spacial score (nSPS) is 11.0. The molecule has 0 aliphatic carbocycles. The SMILES string of the molecule is CCOc1cc(C=Nn2c(-c3ccco3)nc3ccccc3c2=O)ccc1OC(=O)c1cc(OC)c(OC)c(OC)c1. The first-order chi connectivity index (χ1) is 20.5. The molecule has 0 N–H and O–H groups in total. The molecule has 11 heteroatoms. The third kappa shape index (κ3) is 5.52. The van der Waals surface area contributed by atoms with Crippen molar-refractivity contribution in [2.24, 2.45) is 5.10 Å². The second-order valence-electron chi connectivity index (χ2n) is 8.73.